The Morgan fingerprint density at radius 1 is 1.00 bits per heavy atom. The first-order chi connectivity index (χ1) is 17.8. The third-order valence-electron chi connectivity index (χ3n) is 5.63. The van der Waals surface area contributed by atoms with E-state index in [0.29, 0.717) is 36.6 Å². The maximum absolute atomic E-state index is 13.1. The molecule has 0 bridgehead atoms. The van der Waals surface area contributed by atoms with Gasteiger partial charge in [0, 0.05) is 19.5 Å². The number of benzene rings is 2. The smallest absolute Gasteiger partial charge is 0.407 e. The SMILES string of the molecule is CCOC(=O)CNC(=O)OCCc1cc(Cl)c(Oc2ccc(OC)c(C(=O)N3CCCCC3)c2)c(Cl)c1. The minimum absolute atomic E-state index is 0.0436. The summed E-state index contributed by atoms with van der Waals surface area (Å²) in [5.41, 5.74) is 1.13. The summed E-state index contributed by atoms with van der Waals surface area (Å²) >= 11 is 12.9. The molecule has 1 fully saturated rings. The molecule has 200 valence electrons. The van der Waals surface area contributed by atoms with Crippen molar-refractivity contribution < 1.29 is 33.3 Å². The summed E-state index contributed by atoms with van der Waals surface area (Å²) in [6.45, 7) is 3.10. The van der Waals surface area contributed by atoms with Crippen molar-refractivity contribution >= 4 is 41.2 Å². The van der Waals surface area contributed by atoms with E-state index in [-0.39, 0.29) is 41.5 Å². The standard InChI is InChI=1S/C26H30Cl2N2O7/c1-3-35-23(31)16-29-26(33)36-12-9-17-13-20(27)24(21(28)14-17)37-18-7-8-22(34-2)19(15-18)25(32)30-10-5-4-6-11-30/h7-8,13-15H,3-6,9-12,16H2,1-2H3,(H,29,33). The monoisotopic (exact) mass is 552 g/mol. The molecule has 3 rings (SSSR count). The number of carbonyl (C=O) groups is 3. The molecule has 0 aromatic heterocycles. The number of amides is 2. The molecule has 1 saturated heterocycles. The number of esters is 1. The molecule has 2 amide bonds. The fraction of sp³-hybridized carbons (Fsp3) is 0.423. The maximum atomic E-state index is 13.1. The Bertz CT molecular complexity index is 1100. The average molecular weight is 553 g/mol. The zero-order chi connectivity index (χ0) is 26.8. The van der Waals surface area contributed by atoms with E-state index >= 15 is 0 Å². The van der Waals surface area contributed by atoms with Crippen LogP contribution in [-0.4, -0.2) is 62.8 Å². The van der Waals surface area contributed by atoms with Crippen LogP contribution in [0.25, 0.3) is 0 Å². The summed E-state index contributed by atoms with van der Waals surface area (Å²) in [7, 11) is 1.52. The summed E-state index contributed by atoms with van der Waals surface area (Å²) in [5.74, 6) is 0.428. The molecule has 0 spiro atoms. The van der Waals surface area contributed by atoms with Crippen molar-refractivity contribution in [2.45, 2.75) is 32.6 Å². The zero-order valence-corrected chi connectivity index (χ0v) is 22.3. The maximum Gasteiger partial charge on any atom is 0.407 e. The van der Waals surface area contributed by atoms with Crippen LogP contribution in [0.5, 0.6) is 17.2 Å². The van der Waals surface area contributed by atoms with E-state index in [1.165, 1.54) is 7.11 Å². The van der Waals surface area contributed by atoms with E-state index in [0.717, 1.165) is 24.8 Å². The molecule has 1 aliphatic rings. The van der Waals surface area contributed by atoms with Crippen molar-refractivity contribution in [2.75, 3.05) is 40.0 Å². The van der Waals surface area contributed by atoms with Gasteiger partial charge in [-0.2, -0.15) is 0 Å². The highest BCUT2D eigenvalue weighted by molar-refractivity contribution is 6.37. The van der Waals surface area contributed by atoms with Crippen LogP contribution in [0.2, 0.25) is 10.0 Å². The Kier molecular flexibility index (Phi) is 10.7. The lowest BCUT2D eigenvalue weighted by atomic mass is 10.1. The summed E-state index contributed by atoms with van der Waals surface area (Å²) in [6, 6.07) is 8.29. The summed E-state index contributed by atoms with van der Waals surface area (Å²) in [4.78, 5) is 37.9. The topological polar surface area (TPSA) is 103 Å². The molecule has 0 aliphatic carbocycles. The molecule has 1 heterocycles. The van der Waals surface area contributed by atoms with Gasteiger partial charge < -0.3 is 29.2 Å². The first-order valence-corrected chi connectivity index (χ1v) is 12.8. The van der Waals surface area contributed by atoms with Crippen molar-refractivity contribution in [3.63, 3.8) is 0 Å². The molecule has 2 aromatic rings. The number of piperidine rings is 1. The molecule has 11 heteroatoms. The van der Waals surface area contributed by atoms with E-state index in [9.17, 15) is 14.4 Å². The van der Waals surface area contributed by atoms with Gasteiger partial charge in [-0.15, -0.1) is 0 Å². The molecule has 1 aliphatic heterocycles. The van der Waals surface area contributed by atoms with Crippen molar-refractivity contribution in [2.24, 2.45) is 0 Å². The van der Waals surface area contributed by atoms with Crippen LogP contribution in [0, 0.1) is 0 Å². The number of nitrogens with one attached hydrogen (secondary N) is 1. The Morgan fingerprint density at radius 3 is 2.35 bits per heavy atom. The van der Waals surface area contributed by atoms with Gasteiger partial charge in [-0.1, -0.05) is 23.2 Å². The Morgan fingerprint density at radius 2 is 1.70 bits per heavy atom. The summed E-state index contributed by atoms with van der Waals surface area (Å²) in [6.07, 6.45) is 2.67. The van der Waals surface area contributed by atoms with Gasteiger partial charge in [0.15, 0.2) is 5.75 Å². The number of ether oxygens (including phenoxy) is 4. The zero-order valence-electron chi connectivity index (χ0n) is 20.8. The number of rotatable bonds is 10. The first-order valence-electron chi connectivity index (χ1n) is 12.0. The first kappa shape index (κ1) is 28.4. The van der Waals surface area contributed by atoms with Crippen molar-refractivity contribution in [3.8, 4) is 17.2 Å². The molecule has 0 atom stereocenters. The highest BCUT2D eigenvalue weighted by Gasteiger charge is 2.23. The quantitative estimate of drug-likeness (QED) is 0.401. The lowest BCUT2D eigenvalue weighted by Gasteiger charge is -2.27. The number of likely N-dealkylation sites (tertiary alicyclic amines) is 1. The number of alkyl carbamates (subject to hydrolysis) is 1. The molecule has 2 aromatic carbocycles. The Hall–Kier alpha value is -3.17. The average Bonchev–Trinajstić information content (AvgIpc) is 2.89. The molecular weight excluding hydrogens is 523 g/mol. The van der Waals surface area contributed by atoms with E-state index in [1.54, 1.807) is 37.3 Å². The van der Waals surface area contributed by atoms with E-state index in [1.807, 2.05) is 4.90 Å². The predicted octanol–water partition coefficient (Wildman–Crippen LogP) is 5.25. The van der Waals surface area contributed by atoms with Crippen LogP contribution >= 0.6 is 23.2 Å². The van der Waals surface area contributed by atoms with Crippen LogP contribution in [-0.2, 0) is 20.7 Å². The van der Waals surface area contributed by atoms with Gasteiger partial charge in [0.25, 0.3) is 5.91 Å². The highest BCUT2D eigenvalue weighted by atomic mass is 35.5. The molecule has 0 saturated carbocycles. The summed E-state index contributed by atoms with van der Waals surface area (Å²) < 4.78 is 21.2. The van der Waals surface area contributed by atoms with Gasteiger partial charge in [0.2, 0.25) is 0 Å². The third kappa shape index (κ3) is 8.16. The molecule has 0 radical (unpaired) electrons. The van der Waals surface area contributed by atoms with Gasteiger partial charge in [-0.05, 0) is 62.1 Å². The normalized spacial score (nSPS) is 13.0. The third-order valence-corrected chi connectivity index (χ3v) is 6.19. The van der Waals surface area contributed by atoms with Crippen LogP contribution < -0.4 is 14.8 Å². The number of nitrogens with zero attached hydrogens (tertiary/aromatic N) is 1. The number of hydrogen-bond acceptors (Lipinski definition) is 7. The van der Waals surface area contributed by atoms with Crippen molar-refractivity contribution in [3.05, 3.63) is 51.5 Å². The number of methoxy groups -OCH3 is 1. The second-order valence-electron chi connectivity index (χ2n) is 8.25. The van der Waals surface area contributed by atoms with Crippen LogP contribution in [0.1, 0.15) is 42.1 Å². The molecule has 1 N–H and O–H groups in total. The highest BCUT2D eigenvalue weighted by Crippen LogP contribution is 2.38. The van der Waals surface area contributed by atoms with Gasteiger partial charge in [0.05, 0.1) is 35.9 Å². The molecule has 37 heavy (non-hydrogen) atoms. The number of halogens is 2. The van der Waals surface area contributed by atoms with Gasteiger partial charge in [0.1, 0.15) is 18.0 Å². The predicted molar refractivity (Wildman–Crippen MR) is 139 cm³/mol. The largest absolute Gasteiger partial charge is 0.496 e. The second-order valence-corrected chi connectivity index (χ2v) is 9.06. The molecule has 9 nitrogen and oxygen atoms in total. The Balaban J connectivity index is 1.63. The van der Waals surface area contributed by atoms with Gasteiger partial charge in [-0.25, -0.2) is 4.79 Å². The minimum atomic E-state index is -0.736. The fourth-order valence-electron chi connectivity index (χ4n) is 3.83. The number of hydrogen-bond donors (Lipinski definition) is 1. The second kappa shape index (κ2) is 13.9. The lowest BCUT2D eigenvalue weighted by Crippen LogP contribution is -2.35. The fourth-order valence-corrected chi connectivity index (χ4v) is 4.44. The van der Waals surface area contributed by atoms with E-state index < -0.39 is 12.1 Å². The Labute approximate surface area is 225 Å². The molecule has 0 unspecified atom stereocenters. The molecular formula is C26H30Cl2N2O7. The van der Waals surface area contributed by atoms with Gasteiger partial charge >= 0.3 is 12.1 Å². The van der Waals surface area contributed by atoms with Crippen LogP contribution in [0.4, 0.5) is 4.79 Å². The van der Waals surface area contributed by atoms with E-state index in [2.05, 4.69) is 5.32 Å². The van der Waals surface area contributed by atoms with Crippen molar-refractivity contribution in [1.82, 2.24) is 10.2 Å². The van der Waals surface area contributed by atoms with Crippen LogP contribution in [0.3, 0.4) is 0 Å². The minimum Gasteiger partial charge on any atom is -0.496 e. The lowest BCUT2D eigenvalue weighted by molar-refractivity contribution is -0.141. The number of carbonyl (C=O) groups excluding carboxylic acids is 3. The summed E-state index contributed by atoms with van der Waals surface area (Å²) in [5, 5.41) is 2.83. The van der Waals surface area contributed by atoms with E-state index in [4.69, 9.17) is 42.1 Å². The van der Waals surface area contributed by atoms with Crippen LogP contribution in [0.15, 0.2) is 30.3 Å². The van der Waals surface area contributed by atoms with Crippen molar-refractivity contribution in [1.29, 1.82) is 0 Å². The van der Waals surface area contributed by atoms with Gasteiger partial charge in [-0.3, -0.25) is 9.59 Å².